The number of nitrogens with zero attached hydrogens (tertiary/aromatic N) is 5. The van der Waals surface area contributed by atoms with E-state index < -0.39 is 0 Å². The summed E-state index contributed by atoms with van der Waals surface area (Å²) in [7, 11) is 8.09. The average Bonchev–Trinajstić information content (AvgIpc) is 3.37. The van der Waals surface area contributed by atoms with Crippen LogP contribution in [0, 0.1) is 0 Å². The van der Waals surface area contributed by atoms with Gasteiger partial charge in [0.05, 0.1) is 17.8 Å². The Bertz CT molecular complexity index is 1230. The van der Waals surface area contributed by atoms with Gasteiger partial charge in [0, 0.05) is 36.4 Å². The van der Waals surface area contributed by atoms with Crippen molar-refractivity contribution in [1.82, 2.24) is 19.2 Å². The molecule has 3 aromatic heterocycles. The van der Waals surface area contributed by atoms with Crippen molar-refractivity contribution in [3.05, 3.63) is 64.8 Å². The molecule has 33 heavy (non-hydrogen) atoms. The summed E-state index contributed by atoms with van der Waals surface area (Å²) in [5.41, 5.74) is 2.60. The molecule has 0 fully saturated rings. The predicted octanol–water partition coefficient (Wildman–Crippen LogP) is 4.77. The second kappa shape index (κ2) is 9.93. The van der Waals surface area contributed by atoms with Crippen molar-refractivity contribution in [3.63, 3.8) is 0 Å². The zero-order valence-corrected chi connectivity index (χ0v) is 21.0. The highest BCUT2D eigenvalue weighted by molar-refractivity contribution is 7.19. The zero-order valence-electron chi connectivity index (χ0n) is 20.2. The molecule has 0 spiro atoms. The molecular formula is C26H33N5OS. The third kappa shape index (κ3) is 5.04. The monoisotopic (exact) mass is 463 g/mol. The molecule has 0 saturated heterocycles. The first-order valence-corrected chi connectivity index (χ1v) is 12.3. The molecule has 3 heterocycles. The fourth-order valence-corrected chi connectivity index (χ4v) is 5.34. The van der Waals surface area contributed by atoms with Crippen LogP contribution < -0.4 is 4.90 Å². The first-order valence-electron chi connectivity index (χ1n) is 11.5. The van der Waals surface area contributed by atoms with E-state index in [1.54, 1.807) is 0 Å². The molecule has 1 aromatic carbocycles. The highest BCUT2D eigenvalue weighted by Gasteiger charge is 2.19. The smallest absolute Gasteiger partial charge is 0.255 e. The standard InChI is InChI=1S/C26H33N5OS/c1-6-22-25(30(5)18-21-16-19-10-7-8-11-23(19)33-21)31-17-20(12-13-24(31)27-22)26(32)29(4)15-9-14-28(2)3/h7-8,10-13,16-17H,6,9,14-15,18H2,1-5H3. The van der Waals surface area contributed by atoms with Gasteiger partial charge in [-0.15, -0.1) is 11.3 Å². The van der Waals surface area contributed by atoms with Crippen LogP contribution in [0.25, 0.3) is 15.7 Å². The SMILES string of the molecule is CCc1nc2ccc(C(=O)N(C)CCCN(C)C)cn2c1N(C)Cc1cc2ccccc2s1. The maximum Gasteiger partial charge on any atom is 0.255 e. The lowest BCUT2D eigenvalue weighted by Crippen LogP contribution is -2.30. The number of benzene rings is 1. The highest BCUT2D eigenvalue weighted by Crippen LogP contribution is 2.29. The van der Waals surface area contributed by atoms with Crippen LogP contribution in [0.3, 0.4) is 0 Å². The number of aryl methyl sites for hydroxylation is 1. The Morgan fingerprint density at radius 3 is 2.58 bits per heavy atom. The number of carbonyl (C=O) groups excluding carboxylic acids is 1. The molecular weight excluding hydrogens is 430 g/mol. The Hall–Kier alpha value is -2.90. The molecule has 0 saturated carbocycles. The fourth-order valence-electron chi connectivity index (χ4n) is 4.22. The minimum Gasteiger partial charge on any atom is -0.354 e. The number of carbonyl (C=O) groups is 1. The number of amides is 1. The van der Waals surface area contributed by atoms with Gasteiger partial charge in [-0.3, -0.25) is 9.20 Å². The van der Waals surface area contributed by atoms with Gasteiger partial charge in [-0.2, -0.15) is 0 Å². The summed E-state index contributed by atoms with van der Waals surface area (Å²) in [5, 5.41) is 1.28. The number of aromatic nitrogens is 2. The summed E-state index contributed by atoms with van der Waals surface area (Å²) in [6.45, 7) is 4.62. The summed E-state index contributed by atoms with van der Waals surface area (Å²) >= 11 is 1.83. The van der Waals surface area contributed by atoms with Gasteiger partial charge in [0.1, 0.15) is 11.5 Å². The van der Waals surface area contributed by atoms with Gasteiger partial charge in [0.25, 0.3) is 5.91 Å². The summed E-state index contributed by atoms with van der Waals surface area (Å²) in [5.74, 6) is 1.09. The van der Waals surface area contributed by atoms with Gasteiger partial charge >= 0.3 is 0 Å². The van der Waals surface area contributed by atoms with Crippen LogP contribution >= 0.6 is 11.3 Å². The van der Waals surface area contributed by atoms with Crippen molar-refractivity contribution in [2.24, 2.45) is 0 Å². The molecule has 174 valence electrons. The Kier molecular flexibility index (Phi) is 7.00. The van der Waals surface area contributed by atoms with Crippen LogP contribution in [-0.4, -0.2) is 66.4 Å². The minimum absolute atomic E-state index is 0.0421. The molecule has 0 aliphatic carbocycles. The van der Waals surface area contributed by atoms with E-state index in [0.717, 1.165) is 49.6 Å². The molecule has 0 aliphatic rings. The number of hydrogen-bond acceptors (Lipinski definition) is 5. The van der Waals surface area contributed by atoms with Gasteiger partial charge in [0.15, 0.2) is 0 Å². The maximum atomic E-state index is 13.1. The molecule has 6 nitrogen and oxygen atoms in total. The second-order valence-electron chi connectivity index (χ2n) is 8.87. The summed E-state index contributed by atoms with van der Waals surface area (Å²) in [6, 6.07) is 14.6. The lowest BCUT2D eigenvalue weighted by Gasteiger charge is -2.21. The van der Waals surface area contributed by atoms with E-state index in [4.69, 9.17) is 4.98 Å². The van der Waals surface area contributed by atoms with Gasteiger partial charge in [0.2, 0.25) is 0 Å². The number of fused-ring (bicyclic) bond motifs is 2. The van der Waals surface area contributed by atoms with Crippen molar-refractivity contribution in [2.75, 3.05) is 46.2 Å². The topological polar surface area (TPSA) is 44.1 Å². The van der Waals surface area contributed by atoms with Crippen LogP contribution in [0.5, 0.6) is 0 Å². The predicted molar refractivity (Wildman–Crippen MR) is 139 cm³/mol. The van der Waals surface area contributed by atoms with Gasteiger partial charge in [-0.1, -0.05) is 25.1 Å². The average molecular weight is 464 g/mol. The highest BCUT2D eigenvalue weighted by atomic mass is 32.1. The summed E-state index contributed by atoms with van der Waals surface area (Å²) < 4.78 is 3.38. The number of anilines is 1. The van der Waals surface area contributed by atoms with E-state index in [1.807, 2.05) is 41.6 Å². The number of rotatable bonds is 9. The lowest BCUT2D eigenvalue weighted by atomic mass is 10.2. The Balaban J connectivity index is 1.60. The third-order valence-corrected chi connectivity index (χ3v) is 7.02. The van der Waals surface area contributed by atoms with Crippen molar-refractivity contribution >= 4 is 38.8 Å². The van der Waals surface area contributed by atoms with E-state index in [2.05, 4.69) is 72.6 Å². The Morgan fingerprint density at radius 2 is 1.85 bits per heavy atom. The van der Waals surface area contributed by atoms with E-state index in [0.29, 0.717) is 5.56 Å². The Labute approximate surface area is 200 Å². The van der Waals surface area contributed by atoms with Crippen LogP contribution in [0.15, 0.2) is 48.7 Å². The lowest BCUT2D eigenvalue weighted by molar-refractivity contribution is 0.0790. The van der Waals surface area contributed by atoms with Crippen LogP contribution in [0.2, 0.25) is 0 Å². The molecule has 7 heteroatoms. The fraction of sp³-hybridized carbons (Fsp3) is 0.385. The van der Waals surface area contributed by atoms with Crippen molar-refractivity contribution in [1.29, 1.82) is 0 Å². The van der Waals surface area contributed by atoms with E-state index in [1.165, 1.54) is 15.0 Å². The summed E-state index contributed by atoms with van der Waals surface area (Å²) in [4.78, 5) is 25.4. The molecule has 1 amide bonds. The number of pyridine rings is 1. The first-order chi connectivity index (χ1) is 15.9. The molecule has 0 aliphatic heterocycles. The largest absolute Gasteiger partial charge is 0.354 e. The van der Waals surface area contributed by atoms with Gasteiger partial charge in [-0.25, -0.2) is 4.98 Å². The molecule has 0 bridgehead atoms. The minimum atomic E-state index is 0.0421. The third-order valence-electron chi connectivity index (χ3n) is 5.92. The summed E-state index contributed by atoms with van der Waals surface area (Å²) in [6.07, 6.45) is 3.73. The second-order valence-corrected chi connectivity index (χ2v) is 10.0. The molecule has 4 aromatic rings. The number of hydrogen-bond donors (Lipinski definition) is 0. The van der Waals surface area contributed by atoms with Crippen LogP contribution in [0.4, 0.5) is 5.82 Å². The normalized spacial score (nSPS) is 11.6. The van der Waals surface area contributed by atoms with Crippen LogP contribution in [-0.2, 0) is 13.0 Å². The van der Waals surface area contributed by atoms with Crippen molar-refractivity contribution in [3.8, 4) is 0 Å². The van der Waals surface area contributed by atoms with Crippen LogP contribution in [0.1, 0.15) is 34.3 Å². The number of thiophene rings is 1. The van der Waals surface area contributed by atoms with E-state index in [9.17, 15) is 4.79 Å². The molecule has 0 radical (unpaired) electrons. The molecule has 0 unspecified atom stereocenters. The number of imidazole rings is 1. The molecule has 4 rings (SSSR count). The first kappa shape index (κ1) is 23.3. The van der Waals surface area contributed by atoms with Crippen molar-refractivity contribution < 1.29 is 4.79 Å². The van der Waals surface area contributed by atoms with Gasteiger partial charge in [-0.05, 0) is 63.1 Å². The maximum absolute atomic E-state index is 13.1. The van der Waals surface area contributed by atoms with Gasteiger partial charge < -0.3 is 14.7 Å². The van der Waals surface area contributed by atoms with E-state index in [-0.39, 0.29) is 5.91 Å². The zero-order chi connectivity index (χ0) is 23.5. The Morgan fingerprint density at radius 1 is 1.06 bits per heavy atom. The van der Waals surface area contributed by atoms with E-state index >= 15 is 0 Å². The quantitative estimate of drug-likeness (QED) is 0.359. The molecule has 0 atom stereocenters. The molecule has 0 N–H and O–H groups in total. The van der Waals surface area contributed by atoms with Crippen molar-refractivity contribution in [2.45, 2.75) is 26.3 Å².